The first kappa shape index (κ1) is 12.2. The maximum Gasteiger partial charge on any atom is 0.0403 e. The van der Waals surface area contributed by atoms with Crippen LogP contribution < -0.4 is 4.90 Å². The number of para-hydroxylation sites is 1. The lowest BCUT2D eigenvalue weighted by Gasteiger charge is -2.12. The van der Waals surface area contributed by atoms with Gasteiger partial charge >= 0.3 is 0 Å². The Morgan fingerprint density at radius 3 is 2.06 bits per heavy atom. The zero-order chi connectivity index (χ0) is 12.6. The number of hydrogen-bond donors (Lipinski definition) is 0. The molecule has 1 nitrogen and oxygen atoms in total. The molecule has 0 atom stereocenters. The van der Waals surface area contributed by atoms with Gasteiger partial charge in [0.2, 0.25) is 0 Å². The van der Waals surface area contributed by atoms with E-state index in [-0.39, 0.29) is 0 Å². The van der Waals surface area contributed by atoms with Gasteiger partial charge in [0, 0.05) is 18.9 Å². The van der Waals surface area contributed by atoms with Crippen molar-refractivity contribution < 1.29 is 0 Å². The lowest BCUT2D eigenvalue weighted by atomic mass is 10.2. The van der Waals surface area contributed by atoms with Crippen LogP contribution in [0.3, 0.4) is 0 Å². The van der Waals surface area contributed by atoms with Gasteiger partial charge in [-0.15, -0.1) is 0 Å². The molecule has 0 unspecified atom stereocenters. The molecule has 2 rings (SSSR count). The van der Waals surface area contributed by atoms with Gasteiger partial charge in [0.25, 0.3) is 0 Å². The molecule has 0 radical (unpaired) electrons. The first-order valence-corrected chi connectivity index (χ1v) is 6.04. The third-order valence-electron chi connectivity index (χ3n) is 2.67. The van der Waals surface area contributed by atoms with Crippen LogP contribution in [-0.2, 0) is 0 Å². The number of benzene rings is 2. The molecule has 0 amide bonds. The summed E-state index contributed by atoms with van der Waals surface area (Å²) in [6.07, 6.45) is 8.24. The van der Waals surface area contributed by atoms with E-state index in [1.165, 1.54) is 11.3 Å². The summed E-state index contributed by atoms with van der Waals surface area (Å²) in [5.41, 5.74) is 2.39. The first-order valence-electron chi connectivity index (χ1n) is 6.04. The van der Waals surface area contributed by atoms with Gasteiger partial charge in [-0.05, 0) is 23.8 Å². The number of hydrogen-bond acceptors (Lipinski definition) is 1. The quantitative estimate of drug-likeness (QED) is 0.712. The van der Waals surface area contributed by atoms with Gasteiger partial charge < -0.3 is 4.90 Å². The summed E-state index contributed by atoms with van der Waals surface area (Å²) in [7, 11) is 2.04. The molecule has 0 saturated carbocycles. The largest absolute Gasteiger partial charge is 0.351 e. The molecule has 18 heavy (non-hydrogen) atoms. The van der Waals surface area contributed by atoms with Gasteiger partial charge in [-0.1, -0.05) is 60.7 Å². The van der Waals surface area contributed by atoms with Crippen molar-refractivity contribution in [1.29, 1.82) is 0 Å². The van der Waals surface area contributed by atoms with E-state index in [9.17, 15) is 0 Å². The zero-order valence-corrected chi connectivity index (χ0v) is 10.5. The second-order valence-corrected chi connectivity index (χ2v) is 4.06. The Kier molecular flexibility index (Phi) is 4.37. The zero-order valence-electron chi connectivity index (χ0n) is 10.5. The van der Waals surface area contributed by atoms with E-state index in [2.05, 4.69) is 47.5 Å². The summed E-state index contributed by atoms with van der Waals surface area (Å²) in [6.45, 7) is 0. The molecular weight excluding hydrogens is 218 g/mol. The highest BCUT2D eigenvalue weighted by Crippen LogP contribution is 2.11. The Morgan fingerprint density at radius 2 is 1.39 bits per heavy atom. The third kappa shape index (κ3) is 3.63. The molecule has 0 fully saturated rings. The minimum absolute atomic E-state index is 1.18. The van der Waals surface area contributed by atoms with E-state index < -0.39 is 0 Å². The van der Waals surface area contributed by atoms with Gasteiger partial charge in [0.1, 0.15) is 0 Å². The fourth-order valence-electron chi connectivity index (χ4n) is 1.66. The lowest BCUT2D eigenvalue weighted by molar-refractivity contribution is 1.20. The number of allylic oxidation sites excluding steroid dienone is 2. The molecule has 0 aliphatic carbocycles. The fourth-order valence-corrected chi connectivity index (χ4v) is 1.66. The van der Waals surface area contributed by atoms with Gasteiger partial charge in [-0.25, -0.2) is 0 Å². The molecule has 1 heteroatoms. The van der Waals surface area contributed by atoms with E-state index in [0.29, 0.717) is 0 Å². The Hall–Kier alpha value is -2.28. The van der Waals surface area contributed by atoms with Crippen molar-refractivity contribution in [2.75, 3.05) is 11.9 Å². The molecule has 90 valence electrons. The molecular formula is C17H17N. The smallest absolute Gasteiger partial charge is 0.0403 e. The molecule has 0 aliphatic heterocycles. The molecule has 0 spiro atoms. The van der Waals surface area contributed by atoms with Crippen molar-refractivity contribution in [2.24, 2.45) is 0 Å². The van der Waals surface area contributed by atoms with E-state index in [0.717, 1.165) is 0 Å². The Morgan fingerprint density at radius 1 is 0.778 bits per heavy atom. The maximum absolute atomic E-state index is 2.09. The van der Waals surface area contributed by atoms with Crippen molar-refractivity contribution in [1.82, 2.24) is 0 Å². The number of anilines is 1. The standard InChI is InChI=1S/C17H17N/c1-18(17-13-6-3-7-14-17)15-9-8-12-16-10-4-2-5-11-16/h2-15H,1H3/b12-8+,15-9+. The molecule has 2 aromatic rings. The van der Waals surface area contributed by atoms with Crippen molar-refractivity contribution in [3.63, 3.8) is 0 Å². The molecule has 0 bridgehead atoms. The van der Waals surface area contributed by atoms with E-state index in [4.69, 9.17) is 0 Å². The highest BCUT2D eigenvalue weighted by molar-refractivity contribution is 5.52. The third-order valence-corrected chi connectivity index (χ3v) is 2.67. The van der Waals surface area contributed by atoms with Crippen LogP contribution in [0.15, 0.2) is 79.0 Å². The predicted molar refractivity (Wildman–Crippen MR) is 79.5 cm³/mol. The normalized spacial score (nSPS) is 11.2. The van der Waals surface area contributed by atoms with Crippen molar-refractivity contribution in [2.45, 2.75) is 0 Å². The summed E-state index contributed by atoms with van der Waals surface area (Å²) in [5, 5.41) is 0. The van der Waals surface area contributed by atoms with Crippen LogP contribution in [0.2, 0.25) is 0 Å². The lowest BCUT2D eigenvalue weighted by Crippen LogP contribution is -2.06. The van der Waals surface area contributed by atoms with Crippen LogP contribution in [0.1, 0.15) is 5.56 Å². The fraction of sp³-hybridized carbons (Fsp3) is 0.0588. The minimum atomic E-state index is 1.18. The Labute approximate surface area is 109 Å². The van der Waals surface area contributed by atoms with Gasteiger partial charge in [0.15, 0.2) is 0 Å². The number of nitrogens with zero attached hydrogens (tertiary/aromatic N) is 1. The Bertz CT molecular complexity index is 512. The van der Waals surface area contributed by atoms with Crippen LogP contribution in [0.5, 0.6) is 0 Å². The monoisotopic (exact) mass is 235 g/mol. The molecule has 0 saturated heterocycles. The SMILES string of the molecule is CN(/C=C/C=C/c1ccccc1)c1ccccc1. The molecule has 0 aliphatic rings. The average molecular weight is 235 g/mol. The highest BCUT2D eigenvalue weighted by Gasteiger charge is 1.92. The van der Waals surface area contributed by atoms with E-state index >= 15 is 0 Å². The maximum atomic E-state index is 2.09. The first-order chi connectivity index (χ1) is 8.86. The highest BCUT2D eigenvalue weighted by atomic mass is 15.1. The molecule has 0 aromatic heterocycles. The Balaban J connectivity index is 1.94. The summed E-state index contributed by atoms with van der Waals surface area (Å²) < 4.78 is 0. The summed E-state index contributed by atoms with van der Waals surface area (Å²) in [4.78, 5) is 2.09. The summed E-state index contributed by atoms with van der Waals surface area (Å²) in [6, 6.07) is 20.6. The summed E-state index contributed by atoms with van der Waals surface area (Å²) >= 11 is 0. The van der Waals surface area contributed by atoms with Crippen LogP contribution in [0.4, 0.5) is 5.69 Å². The molecule has 0 heterocycles. The van der Waals surface area contributed by atoms with Gasteiger partial charge in [-0.2, -0.15) is 0 Å². The average Bonchev–Trinajstić information content (AvgIpc) is 2.45. The molecule has 2 aromatic carbocycles. The van der Waals surface area contributed by atoms with Crippen molar-refractivity contribution in [3.05, 3.63) is 84.6 Å². The van der Waals surface area contributed by atoms with Crippen molar-refractivity contribution in [3.8, 4) is 0 Å². The molecule has 0 N–H and O–H groups in total. The van der Waals surface area contributed by atoms with Crippen LogP contribution in [-0.4, -0.2) is 7.05 Å². The van der Waals surface area contributed by atoms with Crippen LogP contribution in [0.25, 0.3) is 6.08 Å². The minimum Gasteiger partial charge on any atom is -0.351 e. The second kappa shape index (κ2) is 6.45. The van der Waals surface area contributed by atoms with Crippen LogP contribution in [0, 0.1) is 0 Å². The van der Waals surface area contributed by atoms with Crippen molar-refractivity contribution >= 4 is 11.8 Å². The predicted octanol–water partition coefficient (Wildman–Crippen LogP) is 4.35. The van der Waals surface area contributed by atoms with Gasteiger partial charge in [-0.3, -0.25) is 0 Å². The van der Waals surface area contributed by atoms with E-state index in [1.807, 2.05) is 49.5 Å². The summed E-state index contributed by atoms with van der Waals surface area (Å²) in [5.74, 6) is 0. The second-order valence-electron chi connectivity index (χ2n) is 4.06. The topological polar surface area (TPSA) is 3.24 Å². The number of rotatable bonds is 4. The van der Waals surface area contributed by atoms with Crippen LogP contribution >= 0.6 is 0 Å². The van der Waals surface area contributed by atoms with Gasteiger partial charge in [0.05, 0.1) is 0 Å². The van der Waals surface area contributed by atoms with E-state index in [1.54, 1.807) is 0 Å².